The minimum Gasteiger partial charge on any atom is -0.349 e. The summed E-state index contributed by atoms with van der Waals surface area (Å²) in [6, 6.07) is 7.41. The molecule has 0 spiro atoms. The second-order valence-corrected chi connectivity index (χ2v) is 5.89. The number of hydrogen-bond donors (Lipinski definition) is 2. The fourth-order valence-electron chi connectivity index (χ4n) is 2.13. The lowest BCUT2D eigenvalue weighted by molar-refractivity contribution is 0.0942. The summed E-state index contributed by atoms with van der Waals surface area (Å²) in [6.45, 7) is 4.45. The predicted octanol–water partition coefficient (Wildman–Crippen LogP) is 2.34. The zero-order valence-corrected chi connectivity index (χ0v) is 14.2. The largest absolute Gasteiger partial charge is 0.349 e. The lowest BCUT2D eigenvalue weighted by Gasteiger charge is -2.06. The molecule has 6 nitrogen and oxygen atoms in total. The molecule has 124 valence electrons. The summed E-state index contributed by atoms with van der Waals surface area (Å²) in [5.74, 6) is 0.574. The van der Waals surface area contributed by atoms with E-state index in [-0.39, 0.29) is 17.8 Å². The van der Waals surface area contributed by atoms with Gasteiger partial charge in [-0.3, -0.25) is 4.79 Å². The Bertz CT molecular complexity index is 668. The number of nitrogens with two attached hydrogens (primary N) is 1. The van der Waals surface area contributed by atoms with Crippen molar-refractivity contribution in [3.63, 3.8) is 0 Å². The van der Waals surface area contributed by atoms with E-state index in [0.29, 0.717) is 24.4 Å². The molecule has 3 N–H and O–H groups in total. The molecule has 2 aromatic rings. The summed E-state index contributed by atoms with van der Waals surface area (Å²) in [7, 11) is 0. The number of carbonyl (C=O) groups is 1. The average molecular weight is 336 g/mol. The van der Waals surface area contributed by atoms with E-state index < -0.39 is 0 Å². The molecular weight excluding hydrogens is 314 g/mol. The number of aryl methyl sites for hydroxylation is 1. The topological polar surface area (TPSA) is 85.8 Å². The molecule has 1 aromatic carbocycles. The van der Waals surface area contributed by atoms with Crippen molar-refractivity contribution in [2.45, 2.75) is 39.2 Å². The highest BCUT2D eigenvalue weighted by atomic mass is 35.5. The zero-order valence-electron chi connectivity index (χ0n) is 13.4. The van der Waals surface area contributed by atoms with E-state index in [4.69, 9.17) is 17.3 Å². The molecule has 1 heterocycles. The number of nitrogens with zero attached hydrogens (tertiary/aromatic N) is 3. The molecule has 1 unspecified atom stereocenters. The molecule has 0 radical (unpaired) electrons. The van der Waals surface area contributed by atoms with Gasteiger partial charge in [0.2, 0.25) is 5.82 Å². The van der Waals surface area contributed by atoms with Gasteiger partial charge in [-0.1, -0.05) is 30.7 Å². The standard InChI is InChI=1S/C16H22ClN5O/c1-3-6-14-20-15(16(23)19-10-9-11(2)18)21-22(14)13-8-5-4-7-12(13)17/h4-5,7-8,11H,3,6,9-10,18H2,1-2H3,(H,19,23). The van der Waals surface area contributed by atoms with Crippen LogP contribution >= 0.6 is 11.6 Å². The van der Waals surface area contributed by atoms with Crippen LogP contribution in [-0.4, -0.2) is 33.3 Å². The van der Waals surface area contributed by atoms with Crippen LogP contribution in [0.15, 0.2) is 24.3 Å². The van der Waals surface area contributed by atoms with Gasteiger partial charge in [-0.2, -0.15) is 0 Å². The minimum absolute atomic E-state index is 0.0413. The number of hydrogen-bond acceptors (Lipinski definition) is 4. The highest BCUT2D eigenvalue weighted by molar-refractivity contribution is 6.32. The van der Waals surface area contributed by atoms with Gasteiger partial charge in [-0.05, 0) is 31.9 Å². The van der Waals surface area contributed by atoms with E-state index in [9.17, 15) is 4.79 Å². The molecule has 1 amide bonds. The van der Waals surface area contributed by atoms with Crippen LogP contribution in [0, 0.1) is 0 Å². The lowest BCUT2D eigenvalue weighted by atomic mass is 10.2. The zero-order chi connectivity index (χ0) is 16.8. The first-order valence-electron chi connectivity index (χ1n) is 7.77. The maximum atomic E-state index is 12.2. The quantitative estimate of drug-likeness (QED) is 0.813. The van der Waals surface area contributed by atoms with Crippen molar-refractivity contribution in [1.82, 2.24) is 20.1 Å². The third-order valence-corrected chi connectivity index (χ3v) is 3.64. The van der Waals surface area contributed by atoms with Crippen molar-refractivity contribution in [1.29, 1.82) is 0 Å². The Kier molecular flexibility index (Phi) is 6.12. The Hall–Kier alpha value is -1.92. The number of benzene rings is 1. The first kappa shape index (κ1) is 17.4. The Morgan fingerprint density at radius 1 is 1.43 bits per heavy atom. The van der Waals surface area contributed by atoms with Crippen molar-refractivity contribution in [2.75, 3.05) is 6.54 Å². The smallest absolute Gasteiger partial charge is 0.290 e. The van der Waals surface area contributed by atoms with Crippen LogP contribution < -0.4 is 11.1 Å². The number of carbonyl (C=O) groups excluding carboxylic acids is 1. The summed E-state index contributed by atoms with van der Waals surface area (Å²) < 4.78 is 1.65. The normalized spacial score (nSPS) is 12.2. The van der Waals surface area contributed by atoms with Gasteiger partial charge in [0, 0.05) is 19.0 Å². The van der Waals surface area contributed by atoms with Crippen LogP contribution in [0.5, 0.6) is 0 Å². The van der Waals surface area contributed by atoms with E-state index >= 15 is 0 Å². The van der Waals surface area contributed by atoms with Gasteiger partial charge in [0.05, 0.1) is 10.7 Å². The summed E-state index contributed by atoms with van der Waals surface area (Å²) in [4.78, 5) is 16.6. The molecule has 0 fully saturated rings. The van der Waals surface area contributed by atoms with Crippen LogP contribution in [0.25, 0.3) is 5.69 Å². The van der Waals surface area contributed by atoms with Crippen molar-refractivity contribution in [3.05, 3.63) is 40.9 Å². The molecule has 2 rings (SSSR count). The molecule has 0 aliphatic carbocycles. The van der Waals surface area contributed by atoms with Crippen LogP contribution in [0.4, 0.5) is 0 Å². The van der Waals surface area contributed by atoms with Gasteiger partial charge >= 0.3 is 0 Å². The number of halogens is 1. The van der Waals surface area contributed by atoms with Crippen molar-refractivity contribution < 1.29 is 4.79 Å². The lowest BCUT2D eigenvalue weighted by Crippen LogP contribution is -2.29. The van der Waals surface area contributed by atoms with Crippen LogP contribution in [0.3, 0.4) is 0 Å². The summed E-state index contributed by atoms with van der Waals surface area (Å²) in [6.07, 6.45) is 2.32. The van der Waals surface area contributed by atoms with Gasteiger partial charge in [0.15, 0.2) is 0 Å². The van der Waals surface area contributed by atoms with Crippen molar-refractivity contribution in [2.24, 2.45) is 5.73 Å². The number of rotatable bonds is 7. The molecular formula is C16H22ClN5O. The molecule has 0 bridgehead atoms. The molecule has 0 aliphatic heterocycles. The number of aromatic nitrogens is 3. The molecule has 0 saturated carbocycles. The Morgan fingerprint density at radius 3 is 2.83 bits per heavy atom. The van der Waals surface area contributed by atoms with E-state index in [0.717, 1.165) is 17.9 Å². The summed E-state index contributed by atoms with van der Waals surface area (Å²) in [5.41, 5.74) is 6.40. The van der Waals surface area contributed by atoms with Gasteiger partial charge in [0.1, 0.15) is 5.82 Å². The second-order valence-electron chi connectivity index (χ2n) is 5.49. The number of nitrogens with one attached hydrogen (secondary N) is 1. The first-order chi connectivity index (χ1) is 11.0. The van der Waals surface area contributed by atoms with Gasteiger partial charge < -0.3 is 11.1 Å². The van der Waals surface area contributed by atoms with Crippen LogP contribution in [-0.2, 0) is 6.42 Å². The third-order valence-electron chi connectivity index (χ3n) is 3.32. The highest BCUT2D eigenvalue weighted by Crippen LogP contribution is 2.21. The second kappa shape index (κ2) is 8.08. The van der Waals surface area contributed by atoms with Crippen LogP contribution in [0.1, 0.15) is 43.1 Å². The molecule has 0 saturated heterocycles. The maximum Gasteiger partial charge on any atom is 0.290 e. The van der Waals surface area contributed by atoms with Gasteiger partial charge in [0.25, 0.3) is 5.91 Å². The fourth-order valence-corrected chi connectivity index (χ4v) is 2.35. The maximum absolute atomic E-state index is 12.2. The van der Waals surface area contributed by atoms with Crippen LogP contribution in [0.2, 0.25) is 5.02 Å². The molecule has 23 heavy (non-hydrogen) atoms. The highest BCUT2D eigenvalue weighted by Gasteiger charge is 2.18. The van der Waals surface area contributed by atoms with E-state index in [1.165, 1.54) is 0 Å². The van der Waals surface area contributed by atoms with Crippen molar-refractivity contribution >= 4 is 17.5 Å². The molecule has 1 atom stereocenters. The third kappa shape index (κ3) is 4.53. The SMILES string of the molecule is CCCc1nc(C(=O)NCCC(C)N)nn1-c1ccccc1Cl. The average Bonchev–Trinajstić information content (AvgIpc) is 2.91. The van der Waals surface area contributed by atoms with E-state index in [1.807, 2.05) is 32.0 Å². The Balaban J connectivity index is 2.25. The van der Waals surface area contributed by atoms with E-state index in [1.54, 1.807) is 10.7 Å². The summed E-state index contributed by atoms with van der Waals surface area (Å²) >= 11 is 6.24. The summed E-state index contributed by atoms with van der Waals surface area (Å²) in [5, 5.41) is 7.69. The molecule has 0 aliphatic rings. The van der Waals surface area contributed by atoms with Crippen molar-refractivity contribution in [3.8, 4) is 5.69 Å². The number of para-hydroxylation sites is 1. The first-order valence-corrected chi connectivity index (χ1v) is 8.15. The monoisotopic (exact) mass is 335 g/mol. The van der Waals surface area contributed by atoms with Gasteiger partial charge in [-0.15, -0.1) is 5.10 Å². The Labute approximate surface area is 141 Å². The van der Waals surface area contributed by atoms with Gasteiger partial charge in [-0.25, -0.2) is 9.67 Å². The minimum atomic E-state index is -0.297. The molecule has 1 aromatic heterocycles. The van der Waals surface area contributed by atoms with E-state index in [2.05, 4.69) is 15.4 Å². The Morgan fingerprint density at radius 2 is 2.17 bits per heavy atom. The predicted molar refractivity (Wildman–Crippen MR) is 91.0 cm³/mol. The number of amides is 1. The molecule has 7 heteroatoms. The fraction of sp³-hybridized carbons (Fsp3) is 0.438.